The predicted molar refractivity (Wildman–Crippen MR) is 132 cm³/mol. The van der Waals surface area contributed by atoms with E-state index >= 15 is 0 Å². The van der Waals surface area contributed by atoms with E-state index in [1.165, 1.54) is 34.5 Å². The number of aliphatic hydroxyl groups is 2. The maximum atomic E-state index is 13.5. The number of ether oxygens (including phenoxy) is 1. The van der Waals surface area contributed by atoms with Crippen molar-refractivity contribution in [3.63, 3.8) is 0 Å². The second-order valence-corrected chi connectivity index (χ2v) is 9.45. The van der Waals surface area contributed by atoms with Crippen LogP contribution in [-0.4, -0.2) is 84.7 Å². The minimum Gasteiger partial charge on any atom is -0.492 e. The first-order valence-corrected chi connectivity index (χ1v) is 11.7. The molecular weight excluding hydrogens is 468 g/mol. The molecule has 12 nitrogen and oxygen atoms in total. The number of carbonyl (C=O) groups is 1. The number of fused-ring (bicyclic) bond motifs is 1. The molecule has 3 atom stereocenters. The van der Waals surface area contributed by atoms with Crippen LogP contribution in [0.2, 0.25) is 0 Å². The molecule has 4 rings (SSSR count). The Hall–Kier alpha value is -3.48. The molecular formula is C24H32N6O6. The van der Waals surface area contributed by atoms with E-state index < -0.39 is 29.0 Å². The first-order chi connectivity index (χ1) is 17.0. The van der Waals surface area contributed by atoms with Crippen LogP contribution in [0.1, 0.15) is 29.7 Å². The molecule has 1 aliphatic heterocycles. The molecule has 1 saturated heterocycles. The molecule has 3 N–H and O–H groups in total. The smallest absolute Gasteiger partial charge is 0.332 e. The molecule has 3 aromatic rings. The van der Waals surface area contributed by atoms with Crippen LogP contribution in [0, 0.1) is 0 Å². The number of hydrogen-bond donors (Lipinski definition) is 3. The quantitative estimate of drug-likeness (QED) is 0.375. The molecule has 3 heterocycles. The molecule has 1 aromatic carbocycles. The number of nitrogens with one attached hydrogen (secondary N) is 1. The minimum atomic E-state index is -1.49. The summed E-state index contributed by atoms with van der Waals surface area (Å²) in [6.07, 6.45) is 0.368. The average molecular weight is 501 g/mol. The summed E-state index contributed by atoms with van der Waals surface area (Å²) in [5, 5.41) is 25.0. The van der Waals surface area contributed by atoms with Gasteiger partial charge in [-0.15, -0.1) is 0 Å². The number of benzene rings is 1. The maximum Gasteiger partial charge on any atom is 0.332 e. The lowest BCUT2D eigenvalue weighted by Crippen LogP contribution is -2.44. The van der Waals surface area contributed by atoms with Crippen molar-refractivity contribution in [2.75, 3.05) is 33.3 Å². The van der Waals surface area contributed by atoms with Crippen LogP contribution >= 0.6 is 0 Å². The highest BCUT2D eigenvalue weighted by atomic mass is 16.5. The van der Waals surface area contributed by atoms with Crippen molar-refractivity contribution in [3.8, 4) is 5.75 Å². The number of aromatic nitrogens is 4. The summed E-state index contributed by atoms with van der Waals surface area (Å²) >= 11 is 0. The Morgan fingerprint density at radius 3 is 2.72 bits per heavy atom. The number of hydrogen-bond acceptors (Lipinski definition) is 8. The molecule has 0 saturated carbocycles. The Balaban J connectivity index is 1.73. The van der Waals surface area contributed by atoms with Crippen molar-refractivity contribution in [3.05, 3.63) is 57.0 Å². The van der Waals surface area contributed by atoms with Gasteiger partial charge in [-0.3, -0.25) is 18.7 Å². The van der Waals surface area contributed by atoms with Crippen LogP contribution in [0.3, 0.4) is 0 Å². The molecule has 0 aliphatic carbocycles. The second kappa shape index (κ2) is 9.88. The van der Waals surface area contributed by atoms with Gasteiger partial charge in [0, 0.05) is 45.7 Å². The number of aryl methyl sites for hydroxylation is 1. The van der Waals surface area contributed by atoms with Crippen LogP contribution in [0.5, 0.6) is 5.75 Å². The Morgan fingerprint density at radius 2 is 2.00 bits per heavy atom. The highest BCUT2D eigenvalue weighted by Gasteiger charge is 2.42. The van der Waals surface area contributed by atoms with Crippen LogP contribution < -0.4 is 21.3 Å². The number of aliphatic hydroxyl groups excluding tert-OH is 1. The Morgan fingerprint density at radius 1 is 1.25 bits per heavy atom. The van der Waals surface area contributed by atoms with E-state index in [2.05, 4.69) is 10.3 Å². The van der Waals surface area contributed by atoms with Gasteiger partial charge in [-0.25, -0.2) is 9.78 Å². The summed E-state index contributed by atoms with van der Waals surface area (Å²) in [6.45, 7) is 2.65. The molecule has 12 heteroatoms. The number of amides is 1. The molecule has 1 fully saturated rings. The van der Waals surface area contributed by atoms with Gasteiger partial charge in [-0.05, 0) is 32.2 Å². The molecule has 0 bridgehead atoms. The zero-order valence-electron chi connectivity index (χ0n) is 20.8. The summed E-state index contributed by atoms with van der Waals surface area (Å²) in [6, 6.07) is 5.96. The third kappa shape index (κ3) is 4.66. The van der Waals surface area contributed by atoms with E-state index in [1.54, 1.807) is 31.2 Å². The highest BCUT2D eigenvalue weighted by molar-refractivity contribution is 5.94. The predicted octanol–water partition coefficient (Wildman–Crippen LogP) is -0.769. The normalized spacial score (nSPS) is 22.6. The van der Waals surface area contributed by atoms with Gasteiger partial charge in [-0.2, -0.15) is 0 Å². The van der Waals surface area contributed by atoms with Crippen LogP contribution in [-0.2, 0) is 14.1 Å². The van der Waals surface area contributed by atoms with E-state index in [0.29, 0.717) is 24.5 Å². The van der Waals surface area contributed by atoms with Crippen molar-refractivity contribution in [2.24, 2.45) is 14.1 Å². The van der Waals surface area contributed by atoms with E-state index in [4.69, 9.17) is 4.74 Å². The largest absolute Gasteiger partial charge is 0.492 e. The van der Waals surface area contributed by atoms with E-state index in [9.17, 15) is 24.6 Å². The van der Waals surface area contributed by atoms with Gasteiger partial charge in [0.15, 0.2) is 11.2 Å². The monoisotopic (exact) mass is 500 g/mol. The SMILES string of the molecule is CNCCOc1cccc(C(=O)N2C[C@@H](O)C[C@@](C)(O)[C@H](n3cnc4c3c(=O)n(C)c(=O)n4C)C2)c1. The fourth-order valence-electron chi connectivity index (χ4n) is 4.74. The average Bonchev–Trinajstić information content (AvgIpc) is 3.23. The maximum absolute atomic E-state index is 13.5. The van der Waals surface area contributed by atoms with Gasteiger partial charge >= 0.3 is 5.69 Å². The van der Waals surface area contributed by atoms with Crippen molar-refractivity contribution >= 4 is 17.1 Å². The molecule has 0 spiro atoms. The lowest BCUT2D eigenvalue weighted by Gasteiger charge is -2.34. The standard InChI is InChI=1S/C24H32N6O6/c1-24(35)11-16(31)12-29(21(32)15-6-5-7-17(10-15)36-9-8-25-2)13-18(24)30-14-26-20-19(30)22(33)28(4)23(34)27(20)3/h5-7,10,14,16,18,25,31,35H,8-9,11-13H2,1-4H3/t16-,18+,24+/m0/s1. The van der Waals surface area contributed by atoms with Gasteiger partial charge in [0.25, 0.3) is 11.5 Å². The second-order valence-electron chi connectivity index (χ2n) is 9.45. The molecule has 194 valence electrons. The van der Waals surface area contributed by atoms with Crippen molar-refractivity contribution < 1.29 is 19.7 Å². The fourth-order valence-corrected chi connectivity index (χ4v) is 4.74. The molecule has 36 heavy (non-hydrogen) atoms. The highest BCUT2D eigenvalue weighted by Crippen LogP contribution is 2.33. The van der Waals surface area contributed by atoms with Crippen molar-refractivity contribution in [1.82, 2.24) is 28.9 Å². The molecule has 1 aliphatic rings. The molecule has 2 aromatic heterocycles. The summed E-state index contributed by atoms with van der Waals surface area (Å²) < 4.78 is 9.42. The Kier molecular flexibility index (Phi) is 7.03. The first-order valence-electron chi connectivity index (χ1n) is 11.7. The van der Waals surface area contributed by atoms with Gasteiger partial charge in [0.1, 0.15) is 12.4 Å². The van der Waals surface area contributed by atoms with Crippen molar-refractivity contribution in [2.45, 2.75) is 31.1 Å². The van der Waals surface area contributed by atoms with Crippen LogP contribution in [0.25, 0.3) is 11.2 Å². The molecule has 1 amide bonds. The first kappa shape index (κ1) is 25.6. The van der Waals surface area contributed by atoms with E-state index in [-0.39, 0.29) is 36.6 Å². The zero-order valence-corrected chi connectivity index (χ0v) is 20.8. The van der Waals surface area contributed by atoms with E-state index in [0.717, 1.165) is 4.57 Å². The Bertz CT molecular complexity index is 1390. The topological polar surface area (TPSA) is 144 Å². The number of imidazole rings is 1. The Labute approximate surface area is 207 Å². The lowest BCUT2D eigenvalue weighted by atomic mass is 9.91. The summed E-state index contributed by atoms with van der Waals surface area (Å²) in [7, 11) is 4.70. The minimum absolute atomic E-state index is 0.000547. The number of nitrogens with zero attached hydrogens (tertiary/aromatic N) is 5. The van der Waals surface area contributed by atoms with Gasteiger partial charge < -0.3 is 29.7 Å². The fraction of sp³-hybridized carbons (Fsp3) is 0.500. The lowest BCUT2D eigenvalue weighted by molar-refractivity contribution is -0.0216. The number of rotatable bonds is 6. The van der Waals surface area contributed by atoms with Crippen molar-refractivity contribution in [1.29, 1.82) is 0 Å². The number of likely N-dealkylation sites (N-methyl/N-ethyl adjacent to an activating group) is 1. The summed E-state index contributed by atoms with van der Waals surface area (Å²) in [5.41, 5.74) is -1.88. The molecule has 0 unspecified atom stereocenters. The van der Waals surface area contributed by atoms with Crippen LogP contribution in [0.15, 0.2) is 40.2 Å². The number of likely N-dealkylation sites (tertiary alicyclic amines) is 1. The van der Waals surface area contributed by atoms with E-state index in [1.807, 2.05) is 7.05 Å². The van der Waals surface area contributed by atoms with Gasteiger partial charge in [0.2, 0.25) is 0 Å². The van der Waals surface area contributed by atoms with Crippen LogP contribution in [0.4, 0.5) is 0 Å². The number of carbonyl (C=O) groups excluding carboxylic acids is 1. The molecule has 0 radical (unpaired) electrons. The summed E-state index contributed by atoms with van der Waals surface area (Å²) in [5.74, 6) is 0.195. The van der Waals surface area contributed by atoms with Gasteiger partial charge in [-0.1, -0.05) is 6.07 Å². The third-order valence-corrected chi connectivity index (χ3v) is 6.69. The number of β-amino-alcohol motifs (C(OH)–C–C–N with tert-alkyl or cyclic N) is 1. The summed E-state index contributed by atoms with van der Waals surface area (Å²) in [4.78, 5) is 44.6. The van der Waals surface area contributed by atoms with Gasteiger partial charge in [0.05, 0.1) is 24.1 Å². The third-order valence-electron chi connectivity index (χ3n) is 6.69. The zero-order chi connectivity index (χ0) is 26.2.